The molecule has 0 amide bonds. The molecule has 4 rings (SSSR count). The highest BCUT2D eigenvalue weighted by Crippen LogP contribution is 2.37. The number of benzene rings is 2. The van der Waals surface area contributed by atoms with Crippen LogP contribution >= 0.6 is 11.6 Å². The summed E-state index contributed by atoms with van der Waals surface area (Å²) in [5.41, 5.74) is -0.721. The molecule has 1 aliphatic heterocycles. The number of anilines is 1. The van der Waals surface area contributed by atoms with Crippen LogP contribution in [0, 0.1) is 11.3 Å². The molecule has 37 heavy (non-hydrogen) atoms. The molecule has 1 aromatic heterocycles. The highest BCUT2D eigenvalue weighted by molar-refractivity contribution is 7.89. The van der Waals surface area contributed by atoms with Gasteiger partial charge < -0.3 is 14.6 Å². The monoisotopic (exact) mass is 552 g/mol. The van der Waals surface area contributed by atoms with Gasteiger partial charge in [-0.1, -0.05) is 23.7 Å². The molecule has 1 fully saturated rings. The molecule has 0 atom stereocenters. The predicted octanol–water partition coefficient (Wildman–Crippen LogP) is 4.29. The van der Waals surface area contributed by atoms with Gasteiger partial charge in [0.2, 0.25) is 10.0 Å². The molecule has 1 aliphatic rings. The van der Waals surface area contributed by atoms with E-state index in [-0.39, 0.29) is 42.9 Å². The molecule has 194 valence electrons. The summed E-state index contributed by atoms with van der Waals surface area (Å²) in [6.45, 7) is 0.0977. The smallest absolute Gasteiger partial charge is 0.416 e. The number of nitrogens with zero attached hydrogens (tertiary/aromatic N) is 4. The van der Waals surface area contributed by atoms with Crippen LogP contribution in [-0.4, -0.2) is 54.5 Å². The number of aromatic nitrogens is 1. The maximum absolute atomic E-state index is 13.8. The van der Waals surface area contributed by atoms with Gasteiger partial charge in [-0.05, 0) is 35.9 Å². The Morgan fingerprint density at radius 3 is 2.35 bits per heavy atom. The van der Waals surface area contributed by atoms with Crippen LogP contribution in [0.5, 0.6) is 0 Å². The van der Waals surface area contributed by atoms with E-state index < -0.39 is 39.2 Å². The SMILES string of the molecule is N#Cc1cn(CC(=O)O)cc1-c1cc(C(F)(F)F)cc(S(=O)(=O)N2CCN(c3ccccc3Cl)CC2)c1. The second-order valence-electron chi connectivity index (χ2n) is 8.35. The van der Waals surface area contributed by atoms with E-state index in [9.17, 15) is 31.6 Å². The van der Waals surface area contributed by atoms with E-state index in [2.05, 4.69) is 0 Å². The van der Waals surface area contributed by atoms with E-state index in [1.165, 1.54) is 12.4 Å². The normalized spacial score (nSPS) is 14.9. The first-order valence-corrected chi connectivity index (χ1v) is 12.8. The molecule has 1 saturated heterocycles. The fraction of sp³-hybridized carbons (Fsp3) is 0.250. The largest absolute Gasteiger partial charge is 0.480 e. The van der Waals surface area contributed by atoms with Crippen LogP contribution in [0.25, 0.3) is 11.1 Å². The Balaban J connectivity index is 1.70. The number of sulfonamides is 1. The van der Waals surface area contributed by atoms with Gasteiger partial charge in [-0.3, -0.25) is 4.79 Å². The highest BCUT2D eigenvalue weighted by atomic mass is 35.5. The molecule has 0 radical (unpaired) electrons. The van der Waals surface area contributed by atoms with E-state index in [1.807, 2.05) is 11.0 Å². The van der Waals surface area contributed by atoms with Crippen LogP contribution in [0.3, 0.4) is 0 Å². The quantitative estimate of drug-likeness (QED) is 0.489. The van der Waals surface area contributed by atoms with E-state index in [4.69, 9.17) is 16.7 Å². The lowest BCUT2D eigenvalue weighted by Crippen LogP contribution is -2.48. The third-order valence-corrected chi connectivity index (χ3v) is 8.13. The second kappa shape index (κ2) is 10.1. The van der Waals surface area contributed by atoms with Crippen LogP contribution in [0.4, 0.5) is 18.9 Å². The van der Waals surface area contributed by atoms with Gasteiger partial charge >= 0.3 is 12.1 Å². The van der Waals surface area contributed by atoms with Crippen LogP contribution in [0.2, 0.25) is 5.02 Å². The molecule has 0 unspecified atom stereocenters. The van der Waals surface area contributed by atoms with Gasteiger partial charge in [-0.25, -0.2) is 8.42 Å². The molecule has 2 heterocycles. The first-order valence-electron chi connectivity index (χ1n) is 10.9. The molecule has 0 aliphatic carbocycles. The van der Waals surface area contributed by atoms with Gasteiger partial charge in [0.25, 0.3) is 0 Å². The number of carboxylic acids is 1. The van der Waals surface area contributed by atoms with Crippen molar-refractivity contribution in [3.8, 4) is 17.2 Å². The van der Waals surface area contributed by atoms with Gasteiger partial charge in [0.05, 0.1) is 26.7 Å². The molecular formula is C24H20ClF3N4O4S. The Labute approximate surface area is 215 Å². The highest BCUT2D eigenvalue weighted by Gasteiger charge is 2.35. The minimum absolute atomic E-state index is 0.00478. The average molecular weight is 553 g/mol. The van der Waals surface area contributed by atoms with Gasteiger partial charge in [-0.15, -0.1) is 0 Å². The number of aliphatic carboxylic acids is 1. The van der Waals surface area contributed by atoms with Gasteiger partial charge in [0.15, 0.2) is 0 Å². The number of alkyl halides is 3. The van der Waals surface area contributed by atoms with Crippen molar-refractivity contribution in [3.63, 3.8) is 0 Å². The van der Waals surface area contributed by atoms with Crippen molar-refractivity contribution < 1.29 is 31.5 Å². The van der Waals surface area contributed by atoms with Crippen molar-refractivity contribution in [3.05, 3.63) is 71.0 Å². The zero-order valence-electron chi connectivity index (χ0n) is 19.1. The summed E-state index contributed by atoms with van der Waals surface area (Å²) in [5.74, 6) is -1.21. The summed E-state index contributed by atoms with van der Waals surface area (Å²) in [6, 6.07) is 11.3. The maximum Gasteiger partial charge on any atom is 0.416 e. The molecule has 3 aromatic rings. The maximum atomic E-state index is 13.8. The molecule has 2 aromatic carbocycles. The number of carbonyl (C=O) groups is 1. The predicted molar refractivity (Wildman–Crippen MR) is 130 cm³/mol. The van der Waals surface area contributed by atoms with Crippen molar-refractivity contribution in [1.29, 1.82) is 5.26 Å². The molecule has 1 N–H and O–H groups in total. The van der Waals surface area contributed by atoms with Crippen molar-refractivity contribution in [2.75, 3.05) is 31.1 Å². The zero-order valence-corrected chi connectivity index (χ0v) is 20.7. The third-order valence-electron chi connectivity index (χ3n) is 5.93. The van der Waals surface area contributed by atoms with Gasteiger partial charge in [-0.2, -0.15) is 22.7 Å². The van der Waals surface area contributed by atoms with Crippen molar-refractivity contribution in [1.82, 2.24) is 8.87 Å². The lowest BCUT2D eigenvalue weighted by molar-refractivity contribution is -0.138. The number of piperazine rings is 1. The number of para-hydroxylation sites is 1. The Bertz CT molecular complexity index is 1490. The summed E-state index contributed by atoms with van der Waals surface area (Å²) in [6.07, 6.45) is -2.47. The lowest BCUT2D eigenvalue weighted by Gasteiger charge is -2.35. The van der Waals surface area contributed by atoms with E-state index >= 15 is 0 Å². The van der Waals surface area contributed by atoms with Crippen LogP contribution in [0.15, 0.2) is 59.8 Å². The summed E-state index contributed by atoms with van der Waals surface area (Å²) in [7, 11) is -4.33. The van der Waals surface area contributed by atoms with Crippen molar-refractivity contribution in [2.24, 2.45) is 0 Å². The Hall–Kier alpha value is -3.53. The summed E-state index contributed by atoms with van der Waals surface area (Å²) >= 11 is 6.23. The summed E-state index contributed by atoms with van der Waals surface area (Å²) in [4.78, 5) is 12.4. The minimum atomic E-state index is -4.86. The Morgan fingerprint density at radius 1 is 1.08 bits per heavy atom. The zero-order chi connectivity index (χ0) is 27.0. The fourth-order valence-corrected chi connectivity index (χ4v) is 5.92. The minimum Gasteiger partial charge on any atom is -0.480 e. The van der Waals surface area contributed by atoms with Crippen LogP contribution in [-0.2, 0) is 27.5 Å². The van der Waals surface area contributed by atoms with Gasteiger partial charge in [0.1, 0.15) is 12.6 Å². The average Bonchev–Trinajstić information content (AvgIpc) is 3.26. The number of hydrogen-bond acceptors (Lipinski definition) is 5. The summed E-state index contributed by atoms with van der Waals surface area (Å²) in [5, 5.41) is 19.0. The number of nitriles is 1. The first kappa shape index (κ1) is 26.5. The van der Waals surface area contributed by atoms with Crippen molar-refractivity contribution >= 4 is 33.3 Å². The second-order valence-corrected chi connectivity index (χ2v) is 10.7. The van der Waals surface area contributed by atoms with E-state index in [0.717, 1.165) is 26.7 Å². The topological polar surface area (TPSA) is 107 Å². The molecule has 0 bridgehead atoms. The number of halogens is 4. The van der Waals surface area contributed by atoms with E-state index in [0.29, 0.717) is 11.1 Å². The van der Waals surface area contributed by atoms with Crippen LogP contribution in [0.1, 0.15) is 11.1 Å². The van der Waals surface area contributed by atoms with Crippen molar-refractivity contribution in [2.45, 2.75) is 17.6 Å². The standard InChI is InChI=1S/C24H20ClF3N4O4S/c25-21-3-1-2-4-22(21)31-5-7-32(8-6-31)37(35,36)19-10-16(9-18(11-19)24(26,27)28)20-14-30(15-23(33)34)13-17(20)12-29/h1-4,9-11,13-14H,5-8,15H2,(H,33,34). The number of rotatable bonds is 6. The molecule has 0 spiro atoms. The molecule has 13 heteroatoms. The lowest BCUT2D eigenvalue weighted by atomic mass is 10.0. The Kier molecular flexibility index (Phi) is 7.23. The number of carboxylic acid groups (broad SMARTS) is 1. The Morgan fingerprint density at radius 2 is 1.76 bits per heavy atom. The fourth-order valence-electron chi connectivity index (χ4n) is 4.17. The van der Waals surface area contributed by atoms with Gasteiger partial charge in [0, 0.05) is 44.1 Å². The molecular weight excluding hydrogens is 533 g/mol. The van der Waals surface area contributed by atoms with Crippen LogP contribution < -0.4 is 4.90 Å². The summed E-state index contributed by atoms with van der Waals surface area (Å²) < 4.78 is 70.4. The molecule has 0 saturated carbocycles. The molecule has 8 nitrogen and oxygen atoms in total. The van der Waals surface area contributed by atoms with E-state index in [1.54, 1.807) is 24.3 Å². The first-order chi connectivity index (χ1) is 17.4. The third kappa shape index (κ3) is 5.58. The number of hydrogen-bond donors (Lipinski definition) is 1.